The van der Waals surface area contributed by atoms with Crippen molar-refractivity contribution in [1.29, 1.82) is 0 Å². The van der Waals surface area contributed by atoms with E-state index in [4.69, 9.17) is 4.42 Å². The molecule has 3 rings (SSSR count). The number of benzene rings is 2. The number of aryl methyl sites for hydroxylation is 1. The Hall–Kier alpha value is -2.06. The summed E-state index contributed by atoms with van der Waals surface area (Å²) >= 11 is 0. The molecule has 0 radical (unpaired) electrons. The average molecular weight is 238 g/mol. The van der Waals surface area contributed by atoms with Gasteiger partial charge in [0.15, 0.2) is 0 Å². The van der Waals surface area contributed by atoms with E-state index in [1.54, 1.807) is 0 Å². The molecule has 0 spiro atoms. The summed E-state index contributed by atoms with van der Waals surface area (Å²) in [6.07, 6.45) is 0. The van der Waals surface area contributed by atoms with Crippen molar-refractivity contribution >= 4 is 11.0 Å². The van der Waals surface area contributed by atoms with E-state index in [1.807, 2.05) is 55.5 Å². The first kappa shape index (κ1) is 11.1. The summed E-state index contributed by atoms with van der Waals surface area (Å²) < 4.78 is 5.90. The van der Waals surface area contributed by atoms with Gasteiger partial charge in [0.25, 0.3) is 0 Å². The fourth-order valence-electron chi connectivity index (χ4n) is 2.24. The number of furan rings is 1. The van der Waals surface area contributed by atoms with Crippen molar-refractivity contribution in [2.45, 2.75) is 13.5 Å². The van der Waals surface area contributed by atoms with Crippen LogP contribution in [0.5, 0.6) is 0 Å². The Morgan fingerprint density at radius 3 is 2.56 bits per heavy atom. The topological polar surface area (TPSA) is 33.4 Å². The van der Waals surface area contributed by atoms with Gasteiger partial charge in [0.2, 0.25) is 0 Å². The van der Waals surface area contributed by atoms with Gasteiger partial charge in [-0.15, -0.1) is 0 Å². The van der Waals surface area contributed by atoms with Gasteiger partial charge in [0.1, 0.15) is 11.3 Å². The van der Waals surface area contributed by atoms with Crippen LogP contribution in [0, 0.1) is 6.92 Å². The SMILES string of the molecule is Cc1cc(CO)cc2cc(-c3ccccc3)oc12. The number of aliphatic hydroxyl groups excluding tert-OH is 1. The van der Waals surface area contributed by atoms with Crippen LogP contribution in [0.15, 0.2) is 52.9 Å². The number of aliphatic hydroxyl groups is 1. The Morgan fingerprint density at radius 2 is 1.83 bits per heavy atom. The molecule has 0 atom stereocenters. The Morgan fingerprint density at radius 1 is 1.06 bits per heavy atom. The van der Waals surface area contributed by atoms with Crippen molar-refractivity contribution in [3.63, 3.8) is 0 Å². The van der Waals surface area contributed by atoms with E-state index in [1.165, 1.54) is 0 Å². The number of hydrogen-bond acceptors (Lipinski definition) is 2. The third kappa shape index (κ3) is 1.81. The molecule has 0 saturated heterocycles. The predicted octanol–water partition coefficient (Wildman–Crippen LogP) is 3.90. The van der Waals surface area contributed by atoms with Gasteiger partial charge in [0.05, 0.1) is 6.61 Å². The first-order valence-electron chi connectivity index (χ1n) is 5.97. The van der Waals surface area contributed by atoms with Crippen molar-refractivity contribution in [2.24, 2.45) is 0 Å². The zero-order valence-electron chi connectivity index (χ0n) is 10.2. The van der Waals surface area contributed by atoms with E-state index >= 15 is 0 Å². The highest BCUT2D eigenvalue weighted by Crippen LogP contribution is 2.30. The van der Waals surface area contributed by atoms with Gasteiger partial charge in [-0.05, 0) is 30.2 Å². The van der Waals surface area contributed by atoms with Crippen molar-refractivity contribution < 1.29 is 9.52 Å². The average Bonchev–Trinajstić information content (AvgIpc) is 2.84. The van der Waals surface area contributed by atoms with E-state index in [0.717, 1.165) is 33.4 Å². The van der Waals surface area contributed by atoms with E-state index in [2.05, 4.69) is 0 Å². The van der Waals surface area contributed by atoms with Gasteiger partial charge in [-0.25, -0.2) is 0 Å². The van der Waals surface area contributed by atoms with E-state index < -0.39 is 0 Å². The molecule has 1 N–H and O–H groups in total. The lowest BCUT2D eigenvalue weighted by molar-refractivity contribution is 0.282. The molecule has 2 heteroatoms. The van der Waals surface area contributed by atoms with Crippen molar-refractivity contribution in [3.05, 3.63) is 59.7 Å². The Bertz CT molecular complexity index is 681. The first-order valence-corrected chi connectivity index (χ1v) is 5.97. The third-order valence-electron chi connectivity index (χ3n) is 3.10. The molecule has 0 aliphatic heterocycles. The van der Waals surface area contributed by atoms with Gasteiger partial charge in [-0.2, -0.15) is 0 Å². The Kier molecular flexibility index (Phi) is 2.65. The maximum absolute atomic E-state index is 9.21. The molecular formula is C16H14O2. The largest absolute Gasteiger partial charge is 0.456 e. The molecule has 0 aliphatic rings. The summed E-state index contributed by atoms with van der Waals surface area (Å²) in [5, 5.41) is 10.3. The van der Waals surface area contributed by atoms with Gasteiger partial charge in [-0.1, -0.05) is 36.4 Å². The molecule has 0 amide bonds. The lowest BCUT2D eigenvalue weighted by Crippen LogP contribution is -1.84. The monoisotopic (exact) mass is 238 g/mol. The Labute approximate surface area is 105 Å². The van der Waals surface area contributed by atoms with Crippen LogP contribution in [0.25, 0.3) is 22.3 Å². The maximum atomic E-state index is 9.21. The highest BCUT2D eigenvalue weighted by atomic mass is 16.3. The zero-order chi connectivity index (χ0) is 12.5. The summed E-state index contributed by atoms with van der Waals surface area (Å²) in [6.45, 7) is 2.06. The summed E-state index contributed by atoms with van der Waals surface area (Å²) in [5.74, 6) is 0.865. The minimum Gasteiger partial charge on any atom is -0.456 e. The fourth-order valence-corrected chi connectivity index (χ4v) is 2.24. The van der Waals surface area contributed by atoms with Crippen LogP contribution >= 0.6 is 0 Å². The second-order valence-corrected chi connectivity index (χ2v) is 4.47. The van der Waals surface area contributed by atoms with Crippen molar-refractivity contribution in [3.8, 4) is 11.3 Å². The van der Waals surface area contributed by atoms with Gasteiger partial charge in [0, 0.05) is 10.9 Å². The van der Waals surface area contributed by atoms with Crippen LogP contribution in [0.4, 0.5) is 0 Å². The minimum atomic E-state index is 0.0582. The van der Waals surface area contributed by atoms with Crippen LogP contribution in [-0.4, -0.2) is 5.11 Å². The molecule has 2 aromatic carbocycles. The molecule has 0 unspecified atom stereocenters. The van der Waals surface area contributed by atoms with Crippen molar-refractivity contribution in [2.75, 3.05) is 0 Å². The second-order valence-electron chi connectivity index (χ2n) is 4.47. The molecule has 18 heavy (non-hydrogen) atoms. The van der Waals surface area contributed by atoms with Crippen LogP contribution in [0.3, 0.4) is 0 Å². The molecule has 0 saturated carbocycles. The zero-order valence-corrected chi connectivity index (χ0v) is 10.2. The summed E-state index contributed by atoms with van der Waals surface area (Å²) in [4.78, 5) is 0. The quantitative estimate of drug-likeness (QED) is 0.734. The number of rotatable bonds is 2. The molecular weight excluding hydrogens is 224 g/mol. The van der Waals surface area contributed by atoms with E-state index in [-0.39, 0.29) is 6.61 Å². The lowest BCUT2D eigenvalue weighted by Gasteiger charge is -1.99. The molecule has 90 valence electrons. The maximum Gasteiger partial charge on any atom is 0.137 e. The highest BCUT2D eigenvalue weighted by molar-refractivity contribution is 5.85. The van der Waals surface area contributed by atoms with Crippen LogP contribution < -0.4 is 0 Å². The summed E-state index contributed by atoms with van der Waals surface area (Å²) in [6, 6.07) is 16.0. The van der Waals surface area contributed by atoms with Gasteiger partial charge >= 0.3 is 0 Å². The molecule has 0 bridgehead atoms. The first-order chi connectivity index (χ1) is 8.78. The predicted molar refractivity (Wildman–Crippen MR) is 72.3 cm³/mol. The number of hydrogen-bond donors (Lipinski definition) is 1. The van der Waals surface area contributed by atoms with Gasteiger partial charge in [-0.3, -0.25) is 0 Å². The molecule has 0 aliphatic carbocycles. The van der Waals surface area contributed by atoms with Gasteiger partial charge < -0.3 is 9.52 Å². The summed E-state index contributed by atoms with van der Waals surface area (Å²) in [5.41, 5.74) is 3.93. The molecule has 1 aromatic heterocycles. The lowest BCUT2D eigenvalue weighted by atomic mass is 10.1. The van der Waals surface area contributed by atoms with Crippen LogP contribution in [0.2, 0.25) is 0 Å². The second kappa shape index (κ2) is 4.31. The van der Waals surface area contributed by atoms with E-state index in [9.17, 15) is 5.11 Å². The van der Waals surface area contributed by atoms with Crippen LogP contribution in [-0.2, 0) is 6.61 Å². The van der Waals surface area contributed by atoms with Crippen molar-refractivity contribution in [1.82, 2.24) is 0 Å². The smallest absolute Gasteiger partial charge is 0.137 e. The van der Waals surface area contributed by atoms with E-state index in [0.29, 0.717) is 0 Å². The normalized spacial score (nSPS) is 11.0. The fraction of sp³-hybridized carbons (Fsp3) is 0.125. The Balaban J connectivity index is 2.20. The third-order valence-corrected chi connectivity index (χ3v) is 3.10. The minimum absolute atomic E-state index is 0.0582. The summed E-state index contributed by atoms with van der Waals surface area (Å²) in [7, 11) is 0. The van der Waals surface area contributed by atoms with Crippen LogP contribution in [0.1, 0.15) is 11.1 Å². The molecule has 3 aromatic rings. The molecule has 0 fully saturated rings. The standard InChI is InChI=1S/C16H14O2/c1-11-7-12(10-17)8-14-9-15(18-16(11)14)13-5-3-2-4-6-13/h2-9,17H,10H2,1H3. The molecule has 1 heterocycles. The molecule has 2 nitrogen and oxygen atoms in total. The highest BCUT2D eigenvalue weighted by Gasteiger charge is 2.09. The number of fused-ring (bicyclic) bond motifs is 1.